The van der Waals surface area contributed by atoms with Crippen molar-refractivity contribution in [1.82, 2.24) is 9.99 Å². The number of benzene rings is 2. The van der Waals surface area contributed by atoms with Gasteiger partial charge in [-0.15, -0.1) is 0 Å². The molecule has 0 saturated heterocycles. The topological polar surface area (TPSA) is 56.2 Å². The fourth-order valence-corrected chi connectivity index (χ4v) is 4.08. The molecule has 0 unspecified atom stereocenters. The molecule has 30 heavy (non-hydrogen) atoms. The van der Waals surface area contributed by atoms with E-state index in [9.17, 15) is 0 Å². The number of fused-ring (bicyclic) bond motifs is 3. The van der Waals surface area contributed by atoms with Gasteiger partial charge in [0.2, 0.25) is 6.23 Å². The Balaban J connectivity index is 1.55. The maximum absolute atomic E-state index is 6.44. The second-order valence-corrected chi connectivity index (χ2v) is 7.23. The van der Waals surface area contributed by atoms with Crippen LogP contribution in [0.3, 0.4) is 0 Å². The van der Waals surface area contributed by atoms with E-state index in [1.807, 2.05) is 43.3 Å². The zero-order chi connectivity index (χ0) is 20.5. The Morgan fingerprint density at radius 1 is 1.07 bits per heavy atom. The lowest BCUT2D eigenvalue weighted by atomic mass is 9.95. The van der Waals surface area contributed by atoms with Gasteiger partial charge < -0.3 is 14.2 Å². The van der Waals surface area contributed by atoms with Gasteiger partial charge in [0.25, 0.3) is 0 Å². The van der Waals surface area contributed by atoms with Gasteiger partial charge in [-0.2, -0.15) is 5.10 Å². The number of hydrogen-bond acceptors (Lipinski definition) is 6. The van der Waals surface area contributed by atoms with E-state index in [0.29, 0.717) is 6.61 Å². The lowest BCUT2D eigenvalue weighted by molar-refractivity contribution is -0.0209. The van der Waals surface area contributed by atoms with Crippen molar-refractivity contribution in [2.24, 2.45) is 5.10 Å². The molecule has 0 bridgehead atoms. The SMILES string of the molecule is CCOc1ccc(C2=NN3[C@@H](c4ccncc4)Oc4c(OC)cccc4[C@@H]3C2)cc1. The average Bonchev–Trinajstić information content (AvgIpc) is 3.25. The molecule has 152 valence electrons. The molecule has 2 aliphatic heterocycles. The van der Waals surface area contributed by atoms with Crippen LogP contribution in [0.15, 0.2) is 72.1 Å². The van der Waals surface area contributed by atoms with Crippen LogP contribution >= 0.6 is 0 Å². The molecule has 0 N–H and O–H groups in total. The Morgan fingerprint density at radius 3 is 2.60 bits per heavy atom. The molecule has 2 aromatic carbocycles. The number of methoxy groups -OCH3 is 1. The third-order valence-corrected chi connectivity index (χ3v) is 5.49. The summed E-state index contributed by atoms with van der Waals surface area (Å²) in [5.41, 5.74) is 4.21. The van der Waals surface area contributed by atoms with E-state index < -0.39 is 0 Å². The van der Waals surface area contributed by atoms with Gasteiger partial charge in [-0.05, 0) is 55.0 Å². The van der Waals surface area contributed by atoms with E-state index in [1.165, 1.54) is 0 Å². The van der Waals surface area contributed by atoms with Crippen molar-refractivity contribution in [3.05, 3.63) is 83.7 Å². The number of ether oxygens (including phenoxy) is 3. The predicted octanol–water partition coefficient (Wildman–Crippen LogP) is 4.73. The van der Waals surface area contributed by atoms with Gasteiger partial charge in [0.1, 0.15) is 5.75 Å². The molecule has 2 atom stereocenters. The maximum Gasteiger partial charge on any atom is 0.214 e. The molecule has 0 fully saturated rings. The maximum atomic E-state index is 6.44. The third kappa shape index (κ3) is 3.14. The number of rotatable bonds is 5. The molecule has 0 amide bonds. The summed E-state index contributed by atoms with van der Waals surface area (Å²) < 4.78 is 17.6. The zero-order valence-electron chi connectivity index (χ0n) is 17.0. The Morgan fingerprint density at radius 2 is 1.87 bits per heavy atom. The van der Waals surface area contributed by atoms with Crippen LogP contribution in [0, 0.1) is 0 Å². The number of hydrogen-bond donors (Lipinski definition) is 0. The van der Waals surface area contributed by atoms with Crippen molar-refractivity contribution < 1.29 is 14.2 Å². The number of nitrogens with zero attached hydrogens (tertiary/aromatic N) is 3. The summed E-state index contributed by atoms with van der Waals surface area (Å²) in [4.78, 5) is 4.14. The predicted molar refractivity (Wildman–Crippen MR) is 114 cm³/mol. The molecule has 0 saturated carbocycles. The van der Waals surface area contributed by atoms with E-state index in [-0.39, 0.29) is 12.3 Å². The van der Waals surface area contributed by atoms with Crippen LogP contribution in [0.2, 0.25) is 0 Å². The van der Waals surface area contributed by atoms with Crippen LogP contribution in [-0.4, -0.2) is 29.4 Å². The molecule has 0 aliphatic carbocycles. The van der Waals surface area contributed by atoms with Crippen molar-refractivity contribution >= 4 is 5.71 Å². The van der Waals surface area contributed by atoms with Crippen LogP contribution in [0.5, 0.6) is 17.2 Å². The molecule has 0 spiro atoms. The van der Waals surface area contributed by atoms with Gasteiger partial charge in [0, 0.05) is 29.9 Å². The monoisotopic (exact) mass is 401 g/mol. The fraction of sp³-hybridized carbons (Fsp3) is 0.250. The lowest BCUT2D eigenvalue weighted by Gasteiger charge is -2.38. The van der Waals surface area contributed by atoms with Gasteiger partial charge in [-0.1, -0.05) is 12.1 Å². The number of para-hydroxylation sites is 1. The lowest BCUT2D eigenvalue weighted by Crippen LogP contribution is -2.33. The van der Waals surface area contributed by atoms with Crippen molar-refractivity contribution in [3.8, 4) is 17.2 Å². The molecule has 3 aromatic rings. The minimum atomic E-state index is -0.345. The quantitative estimate of drug-likeness (QED) is 0.619. The summed E-state index contributed by atoms with van der Waals surface area (Å²) in [6.45, 7) is 2.64. The first-order valence-corrected chi connectivity index (χ1v) is 10.1. The summed E-state index contributed by atoms with van der Waals surface area (Å²) in [6.07, 6.45) is 4.00. The Kier molecular flexibility index (Phi) is 4.75. The van der Waals surface area contributed by atoms with E-state index in [2.05, 4.69) is 28.2 Å². The molecule has 3 heterocycles. The normalized spacial score (nSPS) is 19.4. The Bertz CT molecular complexity index is 1070. The van der Waals surface area contributed by atoms with Gasteiger partial charge in [-0.25, -0.2) is 5.01 Å². The standard InChI is InChI=1S/C24H23N3O3/c1-3-29-18-9-7-16(8-10-18)20-15-21-19-5-4-6-22(28-2)23(19)30-24(27(21)26-20)17-11-13-25-14-12-17/h4-14,21,24H,3,15H2,1-2H3/t21-,24+/m0/s1. The second kappa shape index (κ2) is 7.71. The molecule has 6 nitrogen and oxygen atoms in total. The second-order valence-electron chi connectivity index (χ2n) is 7.23. The van der Waals surface area contributed by atoms with Gasteiger partial charge in [-0.3, -0.25) is 4.98 Å². The summed E-state index contributed by atoms with van der Waals surface area (Å²) in [5, 5.41) is 7.05. The van der Waals surface area contributed by atoms with Gasteiger partial charge in [0.15, 0.2) is 11.5 Å². The molecule has 0 radical (unpaired) electrons. The first-order chi connectivity index (χ1) is 14.8. The Labute approximate surface area is 175 Å². The molecular formula is C24H23N3O3. The highest BCUT2D eigenvalue weighted by Gasteiger charge is 2.42. The van der Waals surface area contributed by atoms with Crippen LogP contribution in [0.1, 0.15) is 42.3 Å². The number of hydrazone groups is 1. The van der Waals surface area contributed by atoms with Gasteiger partial charge in [0.05, 0.1) is 25.5 Å². The van der Waals surface area contributed by atoms with E-state index in [0.717, 1.165) is 46.1 Å². The largest absolute Gasteiger partial charge is 0.494 e. The first kappa shape index (κ1) is 18.5. The zero-order valence-corrected chi connectivity index (χ0v) is 17.0. The van der Waals surface area contributed by atoms with Crippen LogP contribution in [0.25, 0.3) is 0 Å². The number of pyridine rings is 1. The van der Waals surface area contributed by atoms with Crippen molar-refractivity contribution in [2.75, 3.05) is 13.7 Å². The molecule has 1 aromatic heterocycles. The summed E-state index contributed by atoms with van der Waals surface area (Å²) in [7, 11) is 1.67. The number of aromatic nitrogens is 1. The summed E-state index contributed by atoms with van der Waals surface area (Å²) in [5.74, 6) is 2.39. The third-order valence-electron chi connectivity index (χ3n) is 5.49. The fourth-order valence-electron chi connectivity index (χ4n) is 4.08. The van der Waals surface area contributed by atoms with Crippen molar-refractivity contribution in [1.29, 1.82) is 0 Å². The van der Waals surface area contributed by atoms with Gasteiger partial charge >= 0.3 is 0 Å². The van der Waals surface area contributed by atoms with E-state index in [1.54, 1.807) is 19.5 Å². The highest BCUT2D eigenvalue weighted by Crippen LogP contribution is 2.50. The summed E-state index contributed by atoms with van der Waals surface area (Å²) in [6, 6.07) is 18.1. The van der Waals surface area contributed by atoms with Crippen LogP contribution in [-0.2, 0) is 0 Å². The van der Waals surface area contributed by atoms with E-state index >= 15 is 0 Å². The summed E-state index contributed by atoms with van der Waals surface area (Å²) >= 11 is 0. The molecule has 5 rings (SSSR count). The van der Waals surface area contributed by atoms with Crippen molar-refractivity contribution in [2.45, 2.75) is 25.6 Å². The molecule has 2 aliphatic rings. The highest BCUT2D eigenvalue weighted by molar-refractivity contribution is 6.02. The minimum absolute atomic E-state index is 0.0728. The Hall–Kier alpha value is -3.54. The smallest absolute Gasteiger partial charge is 0.214 e. The van der Waals surface area contributed by atoms with Crippen LogP contribution in [0.4, 0.5) is 0 Å². The molecular weight excluding hydrogens is 378 g/mol. The van der Waals surface area contributed by atoms with Crippen molar-refractivity contribution in [3.63, 3.8) is 0 Å². The molecule has 6 heteroatoms. The highest BCUT2D eigenvalue weighted by atomic mass is 16.5. The first-order valence-electron chi connectivity index (χ1n) is 10.1. The van der Waals surface area contributed by atoms with E-state index in [4.69, 9.17) is 19.3 Å². The van der Waals surface area contributed by atoms with Crippen LogP contribution < -0.4 is 14.2 Å². The average molecular weight is 401 g/mol. The minimum Gasteiger partial charge on any atom is -0.494 e.